The third kappa shape index (κ3) is 3.24. The maximum atomic E-state index is 12.6. The summed E-state index contributed by atoms with van der Waals surface area (Å²) in [5.41, 5.74) is 2.47. The van der Waals surface area contributed by atoms with E-state index >= 15 is 0 Å². The van der Waals surface area contributed by atoms with Crippen molar-refractivity contribution in [1.82, 2.24) is 25.2 Å². The lowest BCUT2D eigenvalue weighted by molar-refractivity contribution is -0.116. The van der Waals surface area contributed by atoms with Crippen molar-refractivity contribution in [3.05, 3.63) is 65.2 Å². The van der Waals surface area contributed by atoms with Crippen molar-refractivity contribution >= 4 is 33.8 Å². The number of amides is 1. The first kappa shape index (κ1) is 15.4. The molecule has 7 nitrogen and oxygen atoms in total. The number of carbonyl (C=O) groups is 1. The number of hydrogen-bond donors (Lipinski definition) is 1. The van der Waals surface area contributed by atoms with Gasteiger partial charge in [-0.05, 0) is 44.9 Å². The van der Waals surface area contributed by atoms with Crippen LogP contribution in [-0.2, 0) is 4.79 Å². The first-order valence-corrected chi connectivity index (χ1v) is 8.64. The SMILES string of the molecule is O=C(CC(c1ccsc1)n1cnnn1)Nc1cccc2cccnc12. The van der Waals surface area contributed by atoms with Crippen LogP contribution in [0.2, 0.25) is 0 Å². The molecule has 25 heavy (non-hydrogen) atoms. The van der Waals surface area contributed by atoms with Crippen molar-refractivity contribution in [1.29, 1.82) is 0 Å². The van der Waals surface area contributed by atoms with Gasteiger partial charge < -0.3 is 5.32 Å². The molecule has 4 rings (SSSR count). The Labute approximate surface area is 147 Å². The van der Waals surface area contributed by atoms with Crippen LogP contribution in [0.25, 0.3) is 10.9 Å². The second-order valence-electron chi connectivity index (χ2n) is 5.50. The van der Waals surface area contributed by atoms with Gasteiger partial charge in [0, 0.05) is 11.6 Å². The number of thiophene rings is 1. The molecule has 0 aliphatic rings. The number of para-hydroxylation sites is 1. The number of rotatable bonds is 5. The van der Waals surface area contributed by atoms with Gasteiger partial charge in [0.15, 0.2) is 0 Å². The summed E-state index contributed by atoms with van der Waals surface area (Å²) < 4.78 is 1.60. The van der Waals surface area contributed by atoms with Crippen LogP contribution in [0.5, 0.6) is 0 Å². The number of carbonyl (C=O) groups excluding carboxylic acids is 1. The third-order valence-electron chi connectivity index (χ3n) is 3.90. The molecule has 1 N–H and O–H groups in total. The fraction of sp³-hybridized carbons (Fsp3) is 0.118. The van der Waals surface area contributed by atoms with Crippen LogP contribution in [0.1, 0.15) is 18.0 Å². The first-order valence-electron chi connectivity index (χ1n) is 7.69. The van der Waals surface area contributed by atoms with E-state index in [2.05, 4.69) is 25.8 Å². The van der Waals surface area contributed by atoms with Crippen molar-refractivity contribution in [2.75, 3.05) is 5.32 Å². The van der Waals surface area contributed by atoms with Crippen molar-refractivity contribution in [3.63, 3.8) is 0 Å². The zero-order valence-electron chi connectivity index (χ0n) is 13.1. The van der Waals surface area contributed by atoms with Crippen molar-refractivity contribution in [2.24, 2.45) is 0 Å². The molecule has 1 amide bonds. The van der Waals surface area contributed by atoms with E-state index in [1.807, 2.05) is 47.2 Å². The number of hydrogen-bond acceptors (Lipinski definition) is 6. The molecule has 0 bridgehead atoms. The van der Waals surface area contributed by atoms with E-state index in [-0.39, 0.29) is 18.4 Å². The number of pyridine rings is 1. The molecule has 4 aromatic rings. The van der Waals surface area contributed by atoms with Gasteiger partial charge in [-0.15, -0.1) is 5.10 Å². The average molecular weight is 350 g/mol. The molecule has 3 heterocycles. The molecule has 0 saturated carbocycles. The highest BCUT2D eigenvalue weighted by Gasteiger charge is 2.20. The summed E-state index contributed by atoms with van der Waals surface area (Å²) in [4.78, 5) is 17.0. The Morgan fingerprint density at radius 2 is 2.16 bits per heavy atom. The van der Waals surface area contributed by atoms with E-state index in [0.717, 1.165) is 16.5 Å². The normalized spacial score (nSPS) is 12.2. The minimum Gasteiger partial charge on any atom is -0.324 e. The van der Waals surface area contributed by atoms with Gasteiger partial charge in [0.2, 0.25) is 5.91 Å². The van der Waals surface area contributed by atoms with Gasteiger partial charge in [-0.1, -0.05) is 18.2 Å². The third-order valence-corrected chi connectivity index (χ3v) is 4.60. The molecular weight excluding hydrogens is 336 g/mol. The van der Waals surface area contributed by atoms with Crippen molar-refractivity contribution in [2.45, 2.75) is 12.5 Å². The summed E-state index contributed by atoms with van der Waals surface area (Å²) in [6.45, 7) is 0. The molecule has 0 aliphatic carbocycles. The van der Waals surface area contributed by atoms with Gasteiger partial charge in [0.1, 0.15) is 6.33 Å². The van der Waals surface area contributed by atoms with Crippen LogP contribution in [0, 0.1) is 0 Å². The number of fused-ring (bicyclic) bond motifs is 1. The lowest BCUT2D eigenvalue weighted by Gasteiger charge is -2.15. The summed E-state index contributed by atoms with van der Waals surface area (Å²) in [7, 11) is 0. The lowest BCUT2D eigenvalue weighted by Crippen LogP contribution is -2.20. The maximum absolute atomic E-state index is 12.6. The van der Waals surface area contributed by atoms with E-state index in [9.17, 15) is 4.79 Å². The maximum Gasteiger partial charge on any atom is 0.226 e. The van der Waals surface area contributed by atoms with Crippen LogP contribution in [0.4, 0.5) is 5.69 Å². The van der Waals surface area contributed by atoms with E-state index in [0.29, 0.717) is 5.69 Å². The Bertz CT molecular complexity index is 944. The highest BCUT2D eigenvalue weighted by molar-refractivity contribution is 7.08. The summed E-state index contributed by atoms with van der Waals surface area (Å²) in [6.07, 6.45) is 3.47. The van der Waals surface area contributed by atoms with E-state index < -0.39 is 0 Å². The molecule has 0 radical (unpaired) electrons. The van der Waals surface area contributed by atoms with Gasteiger partial charge in [0.05, 0.1) is 23.7 Å². The minimum atomic E-state index is -0.246. The Kier molecular flexibility index (Phi) is 4.17. The number of anilines is 1. The Hall–Kier alpha value is -3.13. The molecule has 1 aromatic carbocycles. The monoisotopic (exact) mass is 350 g/mol. The second-order valence-corrected chi connectivity index (χ2v) is 6.28. The number of nitrogens with one attached hydrogen (secondary N) is 1. The molecule has 1 unspecified atom stereocenters. The van der Waals surface area contributed by atoms with Crippen LogP contribution >= 0.6 is 11.3 Å². The summed E-state index contributed by atoms with van der Waals surface area (Å²) in [6, 6.07) is 11.3. The highest BCUT2D eigenvalue weighted by Crippen LogP contribution is 2.25. The van der Waals surface area contributed by atoms with Crippen LogP contribution in [0.15, 0.2) is 59.7 Å². The second kappa shape index (κ2) is 6.78. The summed E-state index contributed by atoms with van der Waals surface area (Å²) >= 11 is 1.57. The number of tetrazole rings is 1. The largest absolute Gasteiger partial charge is 0.324 e. The molecule has 0 spiro atoms. The molecule has 0 fully saturated rings. The predicted octanol–water partition coefficient (Wildman–Crippen LogP) is 2.90. The van der Waals surface area contributed by atoms with E-state index in [1.165, 1.54) is 6.33 Å². The molecule has 0 aliphatic heterocycles. The lowest BCUT2D eigenvalue weighted by atomic mass is 10.1. The zero-order valence-corrected chi connectivity index (χ0v) is 13.9. The molecule has 124 valence electrons. The van der Waals surface area contributed by atoms with Gasteiger partial charge >= 0.3 is 0 Å². The van der Waals surface area contributed by atoms with E-state index in [1.54, 1.807) is 22.2 Å². The highest BCUT2D eigenvalue weighted by atomic mass is 32.1. The van der Waals surface area contributed by atoms with Crippen molar-refractivity contribution < 1.29 is 4.79 Å². The van der Waals surface area contributed by atoms with Gasteiger partial charge in [0.25, 0.3) is 0 Å². The molecular formula is C17H14N6OS. The summed E-state index contributed by atoms with van der Waals surface area (Å²) in [5.74, 6) is -0.121. The van der Waals surface area contributed by atoms with Crippen LogP contribution < -0.4 is 5.32 Å². The zero-order chi connectivity index (χ0) is 17.1. The molecule has 3 aromatic heterocycles. The molecule has 8 heteroatoms. The number of nitrogens with zero attached hydrogens (tertiary/aromatic N) is 5. The molecule has 0 saturated heterocycles. The number of benzene rings is 1. The standard InChI is InChI=1S/C17H14N6OS/c24-16(20-14-5-1-3-12-4-2-7-18-17(12)14)9-15(13-6-8-25-10-13)23-11-19-21-22-23/h1-8,10-11,15H,9H2,(H,20,24). The topological polar surface area (TPSA) is 85.6 Å². The fourth-order valence-corrected chi connectivity index (χ4v) is 3.43. The Morgan fingerprint density at radius 3 is 2.96 bits per heavy atom. The fourth-order valence-electron chi connectivity index (χ4n) is 2.72. The van der Waals surface area contributed by atoms with Gasteiger partial charge in [-0.25, -0.2) is 4.68 Å². The van der Waals surface area contributed by atoms with Crippen LogP contribution in [-0.4, -0.2) is 31.1 Å². The van der Waals surface area contributed by atoms with Gasteiger partial charge in [-0.3, -0.25) is 9.78 Å². The Morgan fingerprint density at radius 1 is 1.24 bits per heavy atom. The average Bonchev–Trinajstić information content (AvgIpc) is 3.34. The quantitative estimate of drug-likeness (QED) is 0.598. The number of aromatic nitrogens is 5. The molecule has 1 atom stereocenters. The smallest absolute Gasteiger partial charge is 0.226 e. The van der Waals surface area contributed by atoms with Crippen molar-refractivity contribution in [3.8, 4) is 0 Å². The van der Waals surface area contributed by atoms with Gasteiger partial charge in [-0.2, -0.15) is 11.3 Å². The van der Waals surface area contributed by atoms with E-state index in [4.69, 9.17) is 0 Å². The Balaban J connectivity index is 1.58. The first-order chi connectivity index (χ1) is 12.3. The van der Waals surface area contributed by atoms with Crippen LogP contribution in [0.3, 0.4) is 0 Å². The predicted molar refractivity (Wildman–Crippen MR) is 95.3 cm³/mol. The minimum absolute atomic E-state index is 0.121. The summed E-state index contributed by atoms with van der Waals surface area (Å²) in [5, 5.41) is 19.2.